The van der Waals surface area contributed by atoms with Gasteiger partial charge in [0.1, 0.15) is 6.54 Å². The van der Waals surface area contributed by atoms with Gasteiger partial charge in [-0.3, -0.25) is 14.4 Å². The van der Waals surface area contributed by atoms with E-state index in [2.05, 4.69) is 0 Å². The SMILES string of the molecule is CCOCCCN(CC(C)C(=O)O)C(=O)Cn1ccc(=O)c2ccccc21. The molecule has 146 valence electrons. The first-order chi connectivity index (χ1) is 12.9. The van der Waals surface area contributed by atoms with Gasteiger partial charge in [-0.1, -0.05) is 19.1 Å². The van der Waals surface area contributed by atoms with Crippen molar-refractivity contribution in [2.75, 3.05) is 26.3 Å². The number of aliphatic carboxylic acids is 1. The molecule has 1 atom stereocenters. The number of hydrogen-bond donors (Lipinski definition) is 1. The summed E-state index contributed by atoms with van der Waals surface area (Å²) in [6.45, 7) is 5.21. The van der Waals surface area contributed by atoms with Crippen molar-refractivity contribution in [1.29, 1.82) is 0 Å². The van der Waals surface area contributed by atoms with Gasteiger partial charge in [0.25, 0.3) is 0 Å². The molecule has 0 saturated carbocycles. The van der Waals surface area contributed by atoms with E-state index in [9.17, 15) is 19.5 Å². The number of fused-ring (bicyclic) bond motifs is 1. The van der Waals surface area contributed by atoms with E-state index in [0.29, 0.717) is 37.1 Å². The van der Waals surface area contributed by atoms with Gasteiger partial charge in [0.2, 0.25) is 5.91 Å². The second kappa shape index (κ2) is 9.87. The molecule has 7 heteroatoms. The highest BCUT2D eigenvalue weighted by Gasteiger charge is 2.21. The maximum Gasteiger partial charge on any atom is 0.308 e. The van der Waals surface area contributed by atoms with Crippen molar-refractivity contribution in [3.63, 3.8) is 0 Å². The van der Waals surface area contributed by atoms with Crippen LogP contribution in [0.3, 0.4) is 0 Å². The number of pyridine rings is 1. The smallest absolute Gasteiger partial charge is 0.308 e. The van der Waals surface area contributed by atoms with E-state index < -0.39 is 11.9 Å². The van der Waals surface area contributed by atoms with Gasteiger partial charge in [0, 0.05) is 44.0 Å². The van der Waals surface area contributed by atoms with E-state index in [1.807, 2.05) is 13.0 Å². The Balaban J connectivity index is 2.18. The molecule has 0 saturated heterocycles. The number of carboxylic acid groups (broad SMARTS) is 1. The summed E-state index contributed by atoms with van der Waals surface area (Å²) in [4.78, 5) is 37.6. The molecule has 0 radical (unpaired) electrons. The van der Waals surface area contributed by atoms with E-state index in [1.54, 1.807) is 40.8 Å². The Hall–Kier alpha value is -2.67. The largest absolute Gasteiger partial charge is 0.481 e. The number of rotatable bonds is 10. The molecule has 0 spiro atoms. The van der Waals surface area contributed by atoms with Gasteiger partial charge in [-0.2, -0.15) is 0 Å². The molecule has 1 N–H and O–H groups in total. The number of amides is 1. The first-order valence-electron chi connectivity index (χ1n) is 9.10. The predicted octanol–water partition coefficient (Wildman–Crippen LogP) is 1.98. The van der Waals surface area contributed by atoms with Gasteiger partial charge in [0.15, 0.2) is 5.43 Å². The minimum atomic E-state index is -0.939. The molecule has 2 aromatic rings. The Morgan fingerprint density at radius 3 is 2.70 bits per heavy atom. The summed E-state index contributed by atoms with van der Waals surface area (Å²) >= 11 is 0. The Kier molecular flexibility index (Phi) is 7.55. The van der Waals surface area contributed by atoms with Crippen LogP contribution in [-0.2, 0) is 20.9 Å². The van der Waals surface area contributed by atoms with E-state index in [4.69, 9.17) is 4.74 Å². The lowest BCUT2D eigenvalue weighted by Gasteiger charge is -2.25. The van der Waals surface area contributed by atoms with Crippen LogP contribution in [0.4, 0.5) is 0 Å². The van der Waals surface area contributed by atoms with Crippen LogP contribution in [0.2, 0.25) is 0 Å². The molecule has 0 aliphatic carbocycles. The molecule has 1 aromatic heterocycles. The van der Waals surface area contributed by atoms with Crippen LogP contribution < -0.4 is 5.43 Å². The van der Waals surface area contributed by atoms with Crippen molar-refractivity contribution in [1.82, 2.24) is 9.47 Å². The van der Waals surface area contributed by atoms with Crippen LogP contribution in [0.1, 0.15) is 20.3 Å². The standard InChI is InChI=1S/C20H26N2O5/c1-3-27-12-6-10-22(13-15(2)20(25)26)19(24)14-21-11-9-18(23)16-7-4-5-8-17(16)21/h4-5,7-9,11,15H,3,6,10,12-14H2,1-2H3,(H,25,26). The van der Waals surface area contributed by atoms with E-state index in [1.165, 1.54) is 6.07 Å². The monoisotopic (exact) mass is 374 g/mol. The summed E-state index contributed by atoms with van der Waals surface area (Å²) < 4.78 is 7.03. The number of carboxylic acids is 1. The minimum Gasteiger partial charge on any atom is -0.481 e. The fourth-order valence-corrected chi connectivity index (χ4v) is 2.87. The van der Waals surface area contributed by atoms with E-state index in [-0.39, 0.29) is 24.4 Å². The van der Waals surface area contributed by atoms with E-state index in [0.717, 1.165) is 0 Å². The molecular formula is C20H26N2O5. The molecule has 1 unspecified atom stereocenters. The van der Waals surface area contributed by atoms with Crippen LogP contribution in [0, 0.1) is 5.92 Å². The molecule has 1 heterocycles. The zero-order valence-corrected chi connectivity index (χ0v) is 15.8. The number of ether oxygens (including phenoxy) is 1. The summed E-state index contributed by atoms with van der Waals surface area (Å²) in [5.74, 6) is -1.79. The number of benzene rings is 1. The lowest BCUT2D eigenvalue weighted by molar-refractivity contribution is -0.143. The summed E-state index contributed by atoms with van der Waals surface area (Å²) in [5.41, 5.74) is 0.585. The second-order valence-electron chi connectivity index (χ2n) is 6.45. The summed E-state index contributed by atoms with van der Waals surface area (Å²) in [5, 5.41) is 9.73. The molecule has 0 aliphatic heterocycles. The average Bonchev–Trinajstić information content (AvgIpc) is 2.66. The van der Waals surface area contributed by atoms with Crippen molar-refractivity contribution < 1.29 is 19.4 Å². The molecule has 2 rings (SSSR count). The quantitative estimate of drug-likeness (QED) is 0.643. The van der Waals surface area contributed by atoms with Crippen molar-refractivity contribution in [2.45, 2.75) is 26.8 Å². The Morgan fingerprint density at radius 1 is 1.26 bits per heavy atom. The molecule has 7 nitrogen and oxygen atoms in total. The van der Waals surface area contributed by atoms with Crippen LogP contribution in [-0.4, -0.2) is 52.8 Å². The predicted molar refractivity (Wildman–Crippen MR) is 103 cm³/mol. The van der Waals surface area contributed by atoms with Gasteiger partial charge in [0.05, 0.1) is 11.4 Å². The molecule has 0 fully saturated rings. The van der Waals surface area contributed by atoms with Crippen molar-refractivity contribution in [3.8, 4) is 0 Å². The van der Waals surface area contributed by atoms with Crippen molar-refractivity contribution in [2.24, 2.45) is 5.92 Å². The van der Waals surface area contributed by atoms with Crippen LogP contribution >= 0.6 is 0 Å². The maximum atomic E-state index is 12.9. The fourth-order valence-electron chi connectivity index (χ4n) is 2.87. The molecule has 0 aliphatic rings. The molecule has 0 bridgehead atoms. The second-order valence-corrected chi connectivity index (χ2v) is 6.45. The number of aromatic nitrogens is 1. The normalized spacial score (nSPS) is 12.1. The van der Waals surface area contributed by atoms with Crippen molar-refractivity contribution >= 4 is 22.8 Å². The van der Waals surface area contributed by atoms with Gasteiger partial charge in [-0.05, 0) is 25.5 Å². The highest BCUT2D eigenvalue weighted by Crippen LogP contribution is 2.11. The first kappa shape index (κ1) is 20.6. The summed E-state index contributed by atoms with van der Waals surface area (Å²) in [6, 6.07) is 8.56. The fraction of sp³-hybridized carbons (Fsp3) is 0.450. The van der Waals surface area contributed by atoms with Gasteiger partial charge in [-0.15, -0.1) is 0 Å². The Bertz CT molecular complexity index is 846. The third-order valence-electron chi connectivity index (χ3n) is 4.38. The topological polar surface area (TPSA) is 88.8 Å². The van der Waals surface area contributed by atoms with Crippen molar-refractivity contribution in [3.05, 3.63) is 46.8 Å². The molecule has 27 heavy (non-hydrogen) atoms. The lowest BCUT2D eigenvalue weighted by Crippen LogP contribution is -2.40. The Morgan fingerprint density at radius 2 is 2.00 bits per heavy atom. The maximum absolute atomic E-state index is 12.9. The van der Waals surface area contributed by atoms with Crippen LogP contribution in [0.15, 0.2) is 41.3 Å². The lowest BCUT2D eigenvalue weighted by atomic mass is 10.1. The summed E-state index contributed by atoms with van der Waals surface area (Å²) in [7, 11) is 0. The highest BCUT2D eigenvalue weighted by atomic mass is 16.5. The first-order valence-corrected chi connectivity index (χ1v) is 9.10. The number of nitrogens with zero attached hydrogens (tertiary/aromatic N) is 2. The van der Waals surface area contributed by atoms with Crippen LogP contribution in [0.5, 0.6) is 0 Å². The number of carbonyl (C=O) groups is 2. The highest BCUT2D eigenvalue weighted by molar-refractivity contribution is 5.82. The molecule has 1 aromatic carbocycles. The average molecular weight is 374 g/mol. The third-order valence-corrected chi connectivity index (χ3v) is 4.38. The number of carbonyl (C=O) groups excluding carboxylic acids is 1. The third kappa shape index (κ3) is 5.65. The zero-order valence-electron chi connectivity index (χ0n) is 15.8. The zero-order chi connectivity index (χ0) is 19.8. The van der Waals surface area contributed by atoms with Gasteiger partial charge >= 0.3 is 5.97 Å². The number of hydrogen-bond acceptors (Lipinski definition) is 4. The summed E-state index contributed by atoms with van der Waals surface area (Å²) in [6.07, 6.45) is 2.23. The number of para-hydroxylation sites is 1. The molecular weight excluding hydrogens is 348 g/mol. The molecule has 1 amide bonds. The van der Waals surface area contributed by atoms with E-state index >= 15 is 0 Å². The van der Waals surface area contributed by atoms with Crippen LogP contribution in [0.25, 0.3) is 10.9 Å². The van der Waals surface area contributed by atoms with Gasteiger partial charge in [-0.25, -0.2) is 0 Å². The van der Waals surface area contributed by atoms with Gasteiger partial charge < -0.3 is 19.3 Å². The Labute approximate surface area is 158 Å². The minimum absolute atomic E-state index is 0.0434.